The Kier molecular flexibility index (Phi) is 4.88. The zero-order chi connectivity index (χ0) is 15.6. The SMILES string of the molecule is CC1CCN([C@@H](C)C(=O)Nc2ccc(F)c(F)c2F)CC1. The van der Waals surface area contributed by atoms with Crippen molar-refractivity contribution < 1.29 is 18.0 Å². The van der Waals surface area contributed by atoms with Crippen LogP contribution in [0.5, 0.6) is 0 Å². The fourth-order valence-corrected chi connectivity index (χ4v) is 2.44. The van der Waals surface area contributed by atoms with E-state index in [-0.39, 0.29) is 5.69 Å². The lowest BCUT2D eigenvalue weighted by Gasteiger charge is -2.34. The molecular formula is C15H19F3N2O. The summed E-state index contributed by atoms with van der Waals surface area (Å²) in [6.07, 6.45) is 2.02. The van der Waals surface area contributed by atoms with Crippen molar-refractivity contribution in [3.8, 4) is 0 Å². The Bertz CT molecular complexity index is 528. The molecule has 0 unspecified atom stereocenters. The highest BCUT2D eigenvalue weighted by molar-refractivity contribution is 5.94. The largest absolute Gasteiger partial charge is 0.322 e. The molecule has 1 amide bonds. The normalized spacial score (nSPS) is 18.5. The van der Waals surface area contributed by atoms with Gasteiger partial charge >= 0.3 is 0 Å². The molecule has 1 aromatic carbocycles. The lowest BCUT2D eigenvalue weighted by Crippen LogP contribution is -2.45. The van der Waals surface area contributed by atoms with Gasteiger partial charge in [0.15, 0.2) is 17.5 Å². The molecular weight excluding hydrogens is 281 g/mol. The quantitative estimate of drug-likeness (QED) is 0.870. The smallest absolute Gasteiger partial charge is 0.241 e. The molecule has 1 atom stereocenters. The Morgan fingerprint density at radius 1 is 1.24 bits per heavy atom. The van der Waals surface area contributed by atoms with E-state index in [0.717, 1.165) is 38.1 Å². The number of likely N-dealkylation sites (tertiary alicyclic amines) is 1. The fourth-order valence-electron chi connectivity index (χ4n) is 2.44. The maximum atomic E-state index is 13.5. The summed E-state index contributed by atoms with van der Waals surface area (Å²) in [7, 11) is 0. The molecule has 0 aliphatic carbocycles. The zero-order valence-corrected chi connectivity index (χ0v) is 12.1. The molecule has 3 nitrogen and oxygen atoms in total. The van der Waals surface area contributed by atoms with Crippen molar-refractivity contribution in [2.24, 2.45) is 5.92 Å². The number of anilines is 1. The van der Waals surface area contributed by atoms with Crippen molar-refractivity contribution in [3.63, 3.8) is 0 Å². The van der Waals surface area contributed by atoms with E-state index in [2.05, 4.69) is 12.2 Å². The first kappa shape index (κ1) is 15.8. The number of nitrogens with zero attached hydrogens (tertiary/aromatic N) is 1. The Morgan fingerprint density at radius 3 is 2.48 bits per heavy atom. The standard InChI is InChI=1S/C15H19F3N2O/c1-9-5-7-20(8-6-9)10(2)15(21)19-12-4-3-11(16)13(17)14(12)18/h3-4,9-10H,5-8H2,1-2H3,(H,19,21)/t10-/m0/s1. The number of piperidine rings is 1. The van der Waals surface area contributed by atoms with Crippen LogP contribution < -0.4 is 5.32 Å². The molecule has 21 heavy (non-hydrogen) atoms. The lowest BCUT2D eigenvalue weighted by molar-refractivity contribution is -0.121. The molecule has 116 valence electrons. The van der Waals surface area contributed by atoms with Gasteiger partial charge in [-0.3, -0.25) is 9.69 Å². The number of benzene rings is 1. The van der Waals surface area contributed by atoms with E-state index in [1.54, 1.807) is 6.92 Å². The second kappa shape index (κ2) is 6.47. The van der Waals surface area contributed by atoms with E-state index in [1.807, 2.05) is 4.90 Å². The van der Waals surface area contributed by atoms with Crippen molar-refractivity contribution >= 4 is 11.6 Å². The van der Waals surface area contributed by atoms with Crippen LogP contribution in [0.4, 0.5) is 18.9 Å². The van der Waals surface area contributed by atoms with Gasteiger partial charge in [-0.25, -0.2) is 13.2 Å². The fraction of sp³-hybridized carbons (Fsp3) is 0.533. The van der Waals surface area contributed by atoms with Gasteiger partial charge in [0, 0.05) is 0 Å². The molecule has 1 aliphatic heterocycles. The Morgan fingerprint density at radius 2 is 1.86 bits per heavy atom. The van der Waals surface area contributed by atoms with Crippen LogP contribution in [0, 0.1) is 23.4 Å². The molecule has 0 aromatic heterocycles. The van der Waals surface area contributed by atoms with Crippen LogP contribution in [0.15, 0.2) is 12.1 Å². The first-order valence-corrected chi connectivity index (χ1v) is 7.08. The average molecular weight is 300 g/mol. The van der Waals surface area contributed by atoms with Gasteiger partial charge < -0.3 is 5.32 Å². The van der Waals surface area contributed by atoms with E-state index >= 15 is 0 Å². The summed E-state index contributed by atoms with van der Waals surface area (Å²) >= 11 is 0. The Balaban J connectivity index is 2.02. The predicted molar refractivity (Wildman–Crippen MR) is 74.4 cm³/mol. The number of rotatable bonds is 3. The van der Waals surface area contributed by atoms with Gasteiger partial charge in [-0.2, -0.15) is 0 Å². The number of amides is 1. The van der Waals surface area contributed by atoms with Crippen molar-refractivity contribution in [2.75, 3.05) is 18.4 Å². The number of carbonyl (C=O) groups excluding carboxylic acids is 1. The summed E-state index contributed by atoms with van der Waals surface area (Å²) in [5.74, 6) is -4.01. The van der Waals surface area contributed by atoms with Crippen LogP contribution in [0.3, 0.4) is 0 Å². The number of nitrogens with one attached hydrogen (secondary N) is 1. The molecule has 0 saturated carbocycles. The van der Waals surface area contributed by atoms with E-state index in [9.17, 15) is 18.0 Å². The van der Waals surface area contributed by atoms with Crippen LogP contribution >= 0.6 is 0 Å². The minimum Gasteiger partial charge on any atom is -0.322 e. The molecule has 0 spiro atoms. The summed E-state index contributed by atoms with van der Waals surface area (Å²) in [5, 5.41) is 2.32. The predicted octanol–water partition coefficient (Wildman–Crippen LogP) is 3.16. The van der Waals surface area contributed by atoms with E-state index in [4.69, 9.17) is 0 Å². The van der Waals surface area contributed by atoms with Crippen molar-refractivity contribution in [1.82, 2.24) is 4.90 Å². The van der Waals surface area contributed by atoms with E-state index in [0.29, 0.717) is 5.92 Å². The maximum Gasteiger partial charge on any atom is 0.241 e. The summed E-state index contributed by atoms with van der Waals surface area (Å²) < 4.78 is 39.5. The highest BCUT2D eigenvalue weighted by Crippen LogP contribution is 2.21. The van der Waals surface area contributed by atoms with Crippen molar-refractivity contribution in [1.29, 1.82) is 0 Å². The van der Waals surface area contributed by atoms with Crippen LogP contribution in [0.2, 0.25) is 0 Å². The minimum absolute atomic E-state index is 0.337. The molecule has 1 aliphatic rings. The number of hydrogen-bond acceptors (Lipinski definition) is 2. The molecule has 0 bridgehead atoms. The second-order valence-electron chi connectivity index (χ2n) is 5.61. The van der Waals surface area contributed by atoms with Crippen LogP contribution in [-0.4, -0.2) is 29.9 Å². The summed E-state index contributed by atoms with van der Waals surface area (Å²) in [5.41, 5.74) is -0.337. The van der Waals surface area contributed by atoms with Gasteiger partial charge in [-0.05, 0) is 50.9 Å². The molecule has 1 N–H and O–H groups in total. The highest BCUT2D eigenvalue weighted by atomic mass is 19.2. The molecule has 2 rings (SSSR count). The van der Waals surface area contributed by atoms with Crippen LogP contribution in [0.25, 0.3) is 0 Å². The third-order valence-electron chi connectivity index (χ3n) is 4.04. The third kappa shape index (κ3) is 3.56. The molecule has 0 radical (unpaired) electrons. The average Bonchev–Trinajstić information content (AvgIpc) is 2.48. The van der Waals surface area contributed by atoms with Crippen LogP contribution in [0.1, 0.15) is 26.7 Å². The monoisotopic (exact) mass is 300 g/mol. The third-order valence-corrected chi connectivity index (χ3v) is 4.04. The topological polar surface area (TPSA) is 32.3 Å². The van der Waals surface area contributed by atoms with Gasteiger partial charge in [0.25, 0.3) is 0 Å². The first-order chi connectivity index (χ1) is 9.90. The molecule has 1 aromatic rings. The van der Waals surface area contributed by atoms with Gasteiger partial charge in [0.05, 0.1) is 11.7 Å². The summed E-state index contributed by atoms with van der Waals surface area (Å²) in [6, 6.07) is 1.38. The van der Waals surface area contributed by atoms with Gasteiger partial charge in [0.1, 0.15) is 0 Å². The Labute approximate surface area is 122 Å². The second-order valence-corrected chi connectivity index (χ2v) is 5.61. The highest BCUT2D eigenvalue weighted by Gasteiger charge is 2.26. The molecule has 1 fully saturated rings. The lowest BCUT2D eigenvalue weighted by atomic mass is 9.98. The van der Waals surface area contributed by atoms with E-state index in [1.165, 1.54) is 0 Å². The summed E-state index contributed by atoms with van der Waals surface area (Å²) in [4.78, 5) is 14.1. The van der Waals surface area contributed by atoms with Crippen molar-refractivity contribution in [3.05, 3.63) is 29.6 Å². The molecule has 1 heterocycles. The molecule has 6 heteroatoms. The maximum absolute atomic E-state index is 13.5. The molecule has 1 saturated heterocycles. The first-order valence-electron chi connectivity index (χ1n) is 7.08. The Hall–Kier alpha value is -1.56. The number of carbonyl (C=O) groups is 1. The van der Waals surface area contributed by atoms with Crippen molar-refractivity contribution in [2.45, 2.75) is 32.7 Å². The number of halogens is 3. The van der Waals surface area contributed by atoms with E-state index < -0.39 is 29.4 Å². The minimum atomic E-state index is -1.58. The summed E-state index contributed by atoms with van der Waals surface area (Å²) in [6.45, 7) is 5.49. The van der Waals surface area contributed by atoms with Gasteiger partial charge in [-0.1, -0.05) is 6.92 Å². The van der Waals surface area contributed by atoms with Gasteiger partial charge in [-0.15, -0.1) is 0 Å². The zero-order valence-electron chi connectivity index (χ0n) is 12.1. The van der Waals surface area contributed by atoms with Gasteiger partial charge in [0.2, 0.25) is 5.91 Å². The number of hydrogen-bond donors (Lipinski definition) is 1. The van der Waals surface area contributed by atoms with Crippen LogP contribution in [-0.2, 0) is 4.79 Å².